The fourth-order valence-electron chi connectivity index (χ4n) is 1.50. The van der Waals surface area contributed by atoms with Gasteiger partial charge in [0, 0.05) is 5.56 Å². The Morgan fingerprint density at radius 3 is 2.40 bits per heavy atom. The van der Waals surface area contributed by atoms with Gasteiger partial charge >= 0.3 is 5.97 Å². The smallest absolute Gasteiger partial charge is 0.334 e. The molecule has 0 unspecified atom stereocenters. The summed E-state index contributed by atoms with van der Waals surface area (Å²) in [6.07, 6.45) is 0. The van der Waals surface area contributed by atoms with E-state index < -0.39 is 23.7 Å². The number of carbonyl (C=O) groups excluding carboxylic acids is 2. The molecule has 0 saturated heterocycles. The summed E-state index contributed by atoms with van der Waals surface area (Å²) in [4.78, 5) is 33.7. The molecule has 0 radical (unpaired) electrons. The first-order valence-corrected chi connectivity index (χ1v) is 4.28. The van der Waals surface area contributed by atoms with E-state index in [9.17, 15) is 14.4 Å². The number of carboxylic acid groups (broad SMARTS) is 1. The lowest BCUT2D eigenvalue weighted by atomic mass is 9.94. The van der Waals surface area contributed by atoms with E-state index in [0.717, 1.165) is 0 Å². The number of ketones is 1. The Morgan fingerprint density at radius 1 is 1.20 bits per heavy atom. The molecule has 0 aromatic heterocycles. The average Bonchev–Trinajstić information content (AvgIpc) is 2.23. The van der Waals surface area contributed by atoms with Crippen LogP contribution in [0.1, 0.15) is 20.7 Å². The summed E-state index contributed by atoms with van der Waals surface area (Å²) in [7, 11) is 0. The van der Waals surface area contributed by atoms with Crippen molar-refractivity contribution < 1.29 is 19.5 Å². The molecule has 76 valence electrons. The maximum atomic E-state index is 11.6. The number of amides is 1. The second-order valence-electron chi connectivity index (χ2n) is 3.15. The minimum Gasteiger partial charge on any atom is -0.479 e. The molecule has 5 nitrogen and oxygen atoms in total. The molecular weight excluding hydrogens is 198 g/mol. The predicted octanol–water partition coefficient (Wildman–Crippen LogP) is 0.0659. The van der Waals surface area contributed by atoms with Crippen molar-refractivity contribution in [2.45, 2.75) is 6.04 Å². The molecular formula is C10H7NO4. The quantitative estimate of drug-likeness (QED) is 0.635. The van der Waals surface area contributed by atoms with Crippen molar-refractivity contribution in [2.24, 2.45) is 0 Å². The zero-order valence-corrected chi connectivity index (χ0v) is 7.56. The van der Waals surface area contributed by atoms with Gasteiger partial charge in [0.15, 0.2) is 11.8 Å². The van der Waals surface area contributed by atoms with Crippen LogP contribution in [-0.2, 0) is 4.79 Å². The average molecular weight is 205 g/mol. The predicted molar refractivity (Wildman–Crippen MR) is 49.7 cm³/mol. The van der Waals surface area contributed by atoms with E-state index >= 15 is 0 Å². The Bertz CT molecular complexity index is 466. The van der Waals surface area contributed by atoms with Gasteiger partial charge < -0.3 is 10.4 Å². The number of carbonyl (C=O) groups is 3. The zero-order chi connectivity index (χ0) is 11.0. The Morgan fingerprint density at radius 2 is 1.80 bits per heavy atom. The van der Waals surface area contributed by atoms with Gasteiger partial charge in [0.25, 0.3) is 5.91 Å². The van der Waals surface area contributed by atoms with Crippen LogP contribution in [0.4, 0.5) is 0 Å². The summed E-state index contributed by atoms with van der Waals surface area (Å²) >= 11 is 0. The summed E-state index contributed by atoms with van der Waals surface area (Å²) in [5.41, 5.74) is 0.383. The molecule has 1 aromatic carbocycles. The number of Topliss-reactive ketones (excluding diaryl/α,β-unsaturated/α-hetero) is 1. The molecule has 0 aliphatic carbocycles. The van der Waals surface area contributed by atoms with Gasteiger partial charge in [-0.15, -0.1) is 0 Å². The number of hydrogen-bond donors (Lipinski definition) is 2. The number of aliphatic carboxylic acids is 1. The molecule has 2 N–H and O–H groups in total. The molecule has 1 heterocycles. The number of nitrogens with one attached hydrogen (secondary N) is 1. The molecule has 1 aromatic rings. The Balaban J connectivity index is 2.53. The van der Waals surface area contributed by atoms with Crippen LogP contribution in [-0.4, -0.2) is 28.8 Å². The topological polar surface area (TPSA) is 83.5 Å². The van der Waals surface area contributed by atoms with Crippen LogP contribution in [0.2, 0.25) is 0 Å². The number of benzene rings is 1. The highest BCUT2D eigenvalue weighted by Gasteiger charge is 2.36. The Labute approximate surface area is 84.7 Å². The van der Waals surface area contributed by atoms with E-state index in [1.54, 1.807) is 12.1 Å². The molecule has 0 bridgehead atoms. The Hall–Kier alpha value is -2.17. The second kappa shape index (κ2) is 3.20. The van der Waals surface area contributed by atoms with Gasteiger partial charge in [-0.1, -0.05) is 18.2 Å². The summed E-state index contributed by atoms with van der Waals surface area (Å²) in [6, 6.07) is 4.68. The number of rotatable bonds is 1. The molecule has 1 aliphatic heterocycles. The van der Waals surface area contributed by atoms with E-state index in [1.807, 2.05) is 0 Å². The molecule has 1 atom stereocenters. The van der Waals surface area contributed by atoms with Gasteiger partial charge in [-0.2, -0.15) is 0 Å². The number of hydrogen-bond acceptors (Lipinski definition) is 3. The van der Waals surface area contributed by atoms with Crippen LogP contribution in [0.25, 0.3) is 0 Å². The molecule has 0 spiro atoms. The van der Waals surface area contributed by atoms with Crippen LogP contribution in [0, 0.1) is 0 Å². The van der Waals surface area contributed by atoms with Crippen LogP contribution in [0.3, 0.4) is 0 Å². The van der Waals surface area contributed by atoms with E-state index in [4.69, 9.17) is 5.11 Å². The number of fused-ring (bicyclic) bond motifs is 1. The Kier molecular flexibility index (Phi) is 2.00. The third-order valence-electron chi connectivity index (χ3n) is 2.22. The summed E-state index contributed by atoms with van der Waals surface area (Å²) in [5.74, 6) is -2.46. The standard InChI is InChI=1S/C10H7NO4/c12-8-5-3-1-2-4-6(5)9(13)11-7(8)10(14)15/h1-4,7H,(H,11,13)(H,14,15)/t7-/m0/s1. The van der Waals surface area contributed by atoms with Crippen molar-refractivity contribution in [1.82, 2.24) is 5.32 Å². The lowest BCUT2D eigenvalue weighted by Gasteiger charge is -2.20. The lowest BCUT2D eigenvalue weighted by molar-refractivity contribution is -0.137. The van der Waals surface area contributed by atoms with Crippen molar-refractivity contribution in [2.75, 3.05) is 0 Å². The van der Waals surface area contributed by atoms with Gasteiger partial charge in [-0.3, -0.25) is 9.59 Å². The third kappa shape index (κ3) is 1.38. The van der Waals surface area contributed by atoms with Gasteiger partial charge in [-0.25, -0.2) is 4.79 Å². The van der Waals surface area contributed by atoms with Crippen LogP contribution in [0.5, 0.6) is 0 Å². The first-order chi connectivity index (χ1) is 7.11. The highest BCUT2D eigenvalue weighted by molar-refractivity contribution is 6.21. The largest absolute Gasteiger partial charge is 0.479 e. The molecule has 2 rings (SSSR count). The molecule has 5 heteroatoms. The molecule has 0 fully saturated rings. The molecule has 1 aliphatic rings. The highest BCUT2D eigenvalue weighted by atomic mass is 16.4. The molecule has 1 amide bonds. The van der Waals surface area contributed by atoms with E-state index in [0.29, 0.717) is 0 Å². The van der Waals surface area contributed by atoms with E-state index in [1.165, 1.54) is 12.1 Å². The van der Waals surface area contributed by atoms with Gasteiger partial charge in [0.2, 0.25) is 0 Å². The minimum absolute atomic E-state index is 0.161. The first kappa shape index (κ1) is 9.39. The monoisotopic (exact) mass is 205 g/mol. The fourth-order valence-corrected chi connectivity index (χ4v) is 1.50. The van der Waals surface area contributed by atoms with Crippen LogP contribution < -0.4 is 5.32 Å². The third-order valence-corrected chi connectivity index (χ3v) is 2.22. The van der Waals surface area contributed by atoms with Crippen LogP contribution >= 0.6 is 0 Å². The van der Waals surface area contributed by atoms with Crippen molar-refractivity contribution in [3.63, 3.8) is 0 Å². The highest BCUT2D eigenvalue weighted by Crippen LogP contribution is 2.16. The lowest BCUT2D eigenvalue weighted by Crippen LogP contribution is -2.50. The maximum Gasteiger partial charge on any atom is 0.334 e. The minimum atomic E-state index is -1.47. The van der Waals surface area contributed by atoms with Crippen molar-refractivity contribution in [1.29, 1.82) is 0 Å². The fraction of sp³-hybridized carbons (Fsp3) is 0.100. The molecule has 15 heavy (non-hydrogen) atoms. The SMILES string of the molecule is O=C1N[C@H](C(=O)O)C(=O)c2ccccc21. The summed E-state index contributed by atoms with van der Waals surface area (Å²) < 4.78 is 0. The van der Waals surface area contributed by atoms with Gasteiger partial charge in [0.05, 0.1) is 5.56 Å². The van der Waals surface area contributed by atoms with Crippen molar-refractivity contribution >= 4 is 17.7 Å². The summed E-state index contributed by atoms with van der Waals surface area (Å²) in [5, 5.41) is 10.9. The first-order valence-electron chi connectivity index (χ1n) is 4.28. The maximum absolute atomic E-state index is 11.6. The van der Waals surface area contributed by atoms with Crippen molar-refractivity contribution in [3.8, 4) is 0 Å². The van der Waals surface area contributed by atoms with Crippen LogP contribution in [0.15, 0.2) is 24.3 Å². The van der Waals surface area contributed by atoms with E-state index in [2.05, 4.69) is 5.32 Å². The second-order valence-corrected chi connectivity index (χ2v) is 3.15. The van der Waals surface area contributed by atoms with Crippen molar-refractivity contribution in [3.05, 3.63) is 35.4 Å². The number of carboxylic acids is 1. The summed E-state index contributed by atoms with van der Waals surface area (Å²) in [6.45, 7) is 0. The zero-order valence-electron chi connectivity index (χ0n) is 7.56. The normalized spacial score (nSPS) is 19.3. The molecule has 0 saturated carbocycles. The van der Waals surface area contributed by atoms with Gasteiger partial charge in [-0.05, 0) is 6.07 Å². The van der Waals surface area contributed by atoms with E-state index in [-0.39, 0.29) is 11.1 Å². The van der Waals surface area contributed by atoms with Gasteiger partial charge in [0.1, 0.15) is 0 Å².